The number of nitriles is 1. The number of carbonyl (C=O) groups excluding carboxylic acids is 3. The van der Waals surface area contributed by atoms with Crippen LogP contribution in [0.2, 0.25) is 0 Å². The minimum atomic E-state index is -0.949. The first-order valence-electron chi connectivity index (χ1n) is 10.5. The number of amides is 3. The predicted octanol–water partition coefficient (Wildman–Crippen LogP) is 2.10. The fourth-order valence-electron chi connectivity index (χ4n) is 4.49. The van der Waals surface area contributed by atoms with E-state index in [1.807, 2.05) is 6.92 Å². The van der Waals surface area contributed by atoms with Crippen molar-refractivity contribution in [3.63, 3.8) is 0 Å². The third kappa shape index (κ3) is 5.17. The average molecular weight is 520 g/mol. The Hall–Kier alpha value is -2.97. The summed E-state index contributed by atoms with van der Waals surface area (Å²) in [5.41, 5.74) is 2.67. The lowest BCUT2D eigenvalue weighted by molar-refractivity contribution is -0.139. The number of carbonyl (C=O) groups is 3. The van der Waals surface area contributed by atoms with E-state index in [2.05, 4.69) is 43.2 Å². The number of likely N-dealkylation sites (N-methyl/N-ethyl adjacent to an activating group) is 1. The Labute approximate surface area is 200 Å². The second-order valence-electron chi connectivity index (χ2n) is 8.31. The first-order valence-corrected chi connectivity index (χ1v) is 11.3. The van der Waals surface area contributed by atoms with Gasteiger partial charge in [0.15, 0.2) is 5.60 Å². The molecule has 1 aliphatic carbocycles. The van der Waals surface area contributed by atoms with Gasteiger partial charge in [-0.2, -0.15) is 10.4 Å². The SMILES string of the molecule is CNC(=O)C(=O)N[C@@H](C)CC1(OC)CCC2(CC1)OC(=O)NN=C2c1ccc(C#N)cc1Br. The van der Waals surface area contributed by atoms with Crippen LogP contribution in [0, 0.1) is 11.3 Å². The first kappa shape index (κ1) is 24.7. The summed E-state index contributed by atoms with van der Waals surface area (Å²) in [6, 6.07) is 6.95. The maximum atomic E-state index is 12.1. The van der Waals surface area contributed by atoms with Gasteiger partial charge >= 0.3 is 17.9 Å². The molecule has 0 saturated heterocycles. The number of methoxy groups -OCH3 is 1. The molecule has 0 unspecified atom stereocenters. The molecular formula is C22H26BrN5O5. The standard InChI is InChI=1S/C22H26BrN5O5/c1-13(26-19(30)18(29)25-2)11-21(32-3)6-8-22(9-7-21)17(27-28-20(31)33-22)15-5-4-14(12-24)10-16(15)23/h4-5,10,13H,6-9,11H2,1-3H3,(H,25,29)(H,26,30)(H,28,31)/t13-,21?,22?/m0/s1. The molecule has 0 radical (unpaired) electrons. The van der Waals surface area contributed by atoms with Gasteiger partial charge < -0.3 is 20.1 Å². The number of rotatable bonds is 5. The molecule has 1 saturated carbocycles. The summed E-state index contributed by atoms with van der Waals surface area (Å²) in [5.74, 6) is -1.40. The van der Waals surface area contributed by atoms with Crippen LogP contribution in [0.25, 0.3) is 0 Å². The predicted molar refractivity (Wildman–Crippen MR) is 122 cm³/mol. The Kier molecular flexibility index (Phi) is 7.39. The van der Waals surface area contributed by atoms with E-state index >= 15 is 0 Å². The molecule has 1 atom stereocenters. The number of hydrogen-bond donors (Lipinski definition) is 3. The highest BCUT2D eigenvalue weighted by Crippen LogP contribution is 2.45. The fourth-order valence-corrected chi connectivity index (χ4v) is 5.05. The van der Waals surface area contributed by atoms with E-state index in [9.17, 15) is 14.4 Å². The number of hydrazone groups is 1. The van der Waals surface area contributed by atoms with Crippen LogP contribution in [0.3, 0.4) is 0 Å². The highest BCUT2D eigenvalue weighted by Gasteiger charge is 2.51. The summed E-state index contributed by atoms with van der Waals surface area (Å²) in [6.45, 7) is 1.82. The zero-order chi connectivity index (χ0) is 24.2. The number of nitrogens with one attached hydrogen (secondary N) is 3. The molecule has 33 heavy (non-hydrogen) atoms. The van der Waals surface area contributed by atoms with Crippen molar-refractivity contribution >= 4 is 39.5 Å². The van der Waals surface area contributed by atoms with Crippen LogP contribution in [0.15, 0.2) is 27.8 Å². The maximum Gasteiger partial charge on any atom is 0.428 e. The molecule has 11 heteroatoms. The molecule has 3 rings (SSSR count). The lowest BCUT2D eigenvalue weighted by atomic mass is 9.70. The van der Waals surface area contributed by atoms with Crippen LogP contribution in [-0.4, -0.2) is 55.0 Å². The fraction of sp³-hybridized carbons (Fsp3) is 0.500. The van der Waals surface area contributed by atoms with Gasteiger partial charge in [-0.1, -0.05) is 22.0 Å². The average Bonchev–Trinajstić information content (AvgIpc) is 2.80. The second kappa shape index (κ2) is 9.89. The zero-order valence-corrected chi connectivity index (χ0v) is 20.2. The smallest absolute Gasteiger partial charge is 0.428 e. The quantitative estimate of drug-likeness (QED) is 0.508. The van der Waals surface area contributed by atoms with Gasteiger partial charge in [0, 0.05) is 30.2 Å². The molecule has 2 aliphatic rings. The van der Waals surface area contributed by atoms with Gasteiger partial charge in [-0.3, -0.25) is 9.59 Å². The minimum Gasteiger partial charge on any atom is -0.435 e. The molecule has 3 N–H and O–H groups in total. The lowest BCUT2D eigenvalue weighted by Crippen LogP contribution is -2.56. The molecule has 3 amide bonds. The molecule has 1 aromatic carbocycles. The Morgan fingerprint density at radius 2 is 2.03 bits per heavy atom. The molecule has 0 aromatic heterocycles. The lowest BCUT2D eigenvalue weighted by Gasteiger charge is -2.47. The Balaban J connectivity index is 1.80. The Bertz CT molecular complexity index is 1030. The third-order valence-electron chi connectivity index (χ3n) is 6.22. The van der Waals surface area contributed by atoms with Gasteiger partial charge in [0.05, 0.1) is 17.2 Å². The van der Waals surface area contributed by atoms with Gasteiger partial charge in [0.25, 0.3) is 0 Å². The van der Waals surface area contributed by atoms with E-state index in [0.29, 0.717) is 47.9 Å². The monoisotopic (exact) mass is 519 g/mol. The van der Waals surface area contributed by atoms with Crippen molar-refractivity contribution in [3.8, 4) is 6.07 Å². The summed E-state index contributed by atoms with van der Waals surface area (Å²) < 4.78 is 12.4. The molecule has 0 bridgehead atoms. The summed E-state index contributed by atoms with van der Waals surface area (Å²) >= 11 is 3.50. The van der Waals surface area contributed by atoms with Crippen molar-refractivity contribution in [2.75, 3.05) is 14.2 Å². The summed E-state index contributed by atoms with van der Waals surface area (Å²) in [7, 11) is 3.02. The van der Waals surface area contributed by atoms with Gasteiger partial charge in [0.1, 0.15) is 5.71 Å². The summed E-state index contributed by atoms with van der Waals surface area (Å²) in [4.78, 5) is 35.5. The van der Waals surface area contributed by atoms with Gasteiger partial charge in [-0.25, -0.2) is 10.2 Å². The van der Waals surface area contributed by atoms with E-state index in [1.54, 1.807) is 25.3 Å². The number of nitrogens with zero attached hydrogens (tertiary/aromatic N) is 2. The molecule has 1 heterocycles. The number of halogens is 1. The molecular weight excluding hydrogens is 494 g/mol. The molecule has 1 aromatic rings. The number of benzene rings is 1. The number of hydrogen-bond acceptors (Lipinski definition) is 7. The molecule has 1 fully saturated rings. The van der Waals surface area contributed by atoms with Crippen LogP contribution >= 0.6 is 15.9 Å². The van der Waals surface area contributed by atoms with Crippen LogP contribution in [0.1, 0.15) is 50.2 Å². The van der Waals surface area contributed by atoms with E-state index in [4.69, 9.17) is 14.7 Å². The Morgan fingerprint density at radius 1 is 1.33 bits per heavy atom. The van der Waals surface area contributed by atoms with Crippen molar-refractivity contribution in [2.45, 2.75) is 56.3 Å². The van der Waals surface area contributed by atoms with Crippen LogP contribution < -0.4 is 16.1 Å². The minimum absolute atomic E-state index is 0.305. The Morgan fingerprint density at radius 3 is 2.61 bits per heavy atom. The van der Waals surface area contributed by atoms with Crippen LogP contribution in [0.5, 0.6) is 0 Å². The zero-order valence-electron chi connectivity index (χ0n) is 18.7. The van der Waals surface area contributed by atoms with Gasteiger partial charge in [-0.15, -0.1) is 0 Å². The van der Waals surface area contributed by atoms with E-state index in [1.165, 1.54) is 7.05 Å². The van der Waals surface area contributed by atoms with Gasteiger partial charge in [0.2, 0.25) is 0 Å². The van der Waals surface area contributed by atoms with Crippen molar-refractivity contribution < 1.29 is 23.9 Å². The van der Waals surface area contributed by atoms with Crippen LogP contribution in [-0.2, 0) is 19.1 Å². The second-order valence-corrected chi connectivity index (χ2v) is 9.16. The topological polar surface area (TPSA) is 142 Å². The molecule has 1 spiro atoms. The van der Waals surface area contributed by atoms with Crippen molar-refractivity contribution in [3.05, 3.63) is 33.8 Å². The summed E-state index contributed by atoms with van der Waals surface area (Å²) in [5, 5.41) is 18.5. The van der Waals surface area contributed by atoms with E-state index in [0.717, 1.165) is 5.56 Å². The van der Waals surface area contributed by atoms with Crippen molar-refractivity contribution in [1.82, 2.24) is 16.1 Å². The van der Waals surface area contributed by atoms with E-state index < -0.39 is 29.1 Å². The third-order valence-corrected chi connectivity index (χ3v) is 6.88. The maximum absolute atomic E-state index is 12.1. The van der Waals surface area contributed by atoms with Gasteiger partial charge in [-0.05, 0) is 51.2 Å². The first-order chi connectivity index (χ1) is 15.7. The highest BCUT2D eigenvalue weighted by atomic mass is 79.9. The highest BCUT2D eigenvalue weighted by molar-refractivity contribution is 9.10. The molecule has 10 nitrogen and oxygen atoms in total. The van der Waals surface area contributed by atoms with E-state index in [-0.39, 0.29) is 6.04 Å². The summed E-state index contributed by atoms with van der Waals surface area (Å²) in [6.07, 6.45) is 1.86. The largest absolute Gasteiger partial charge is 0.435 e. The van der Waals surface area contributed by atoms with Crippen LogP contribution in [0.4, 0.5) is 4.79 Å². The molecule has 176 valence electrons. The number of ether oxygens (including phenoxy) is 2. The van der Waals surface area contributed by atoms with Crippen molar-refractivity contribution in [1.29, 1.82) is 5.26 Å². The van der Waals surface area contributed by atoms with Crippen molar-refractivity contribution in [2.24, 2.45) is 5.10 Å². The molecule has 1 aliphatic heterocycles. The normalized spacial score (nSPS) is 25.2.